The summed E-state index contributed by atoms with van der Waals surface area (Å²) in [6.45, 7) is 0. The van der Waals surface area contributed by atoms with Gasteiger partial charge in [-0.15, -0.1) is 21.5 Å². The Kier molecular flexibility index (Phi) is 5.41. The van der Waals surface area contributed by atoms with E-state index in [-0.39, 0.29) is 5.56 Å². The molecule has 0 fully saturated rings. The molecule has 1 N–H and O–H groups in total. The maximum atomic E-state index is 12.7. The molecule has 5 rings (SSSR count). The Bertz CT molecular complexity index is 1290. The number of thioether (sulfide) groups is 1. The van der Waals surface area contributed by atoms with Crippen molar-refractivity contribution in [1.29, 1.82) is 0 Å². The fourth-order valence-corrected chi connectivity index (χ4v) is 5.64. The van der Waals surface area contributed by atoms with Crippen molar-refractivity contribution in [2.75, 3.05) is 14.2 Å². The van der Waals surface area contributed by atoms with E-state index in [4.69, 9.17) is 13.9 Å². The van der Waals surface area contributed by atoms with E-state index >= 15 is 0 Å². The summed E-state index contributed by atoms with van der Waals surface area (Å²) in [6, 6.07) is 5.38. The Morgan fingerprint density at radius 1 is 1.13 bits per heavy atom. The second-order valence-electron chi connectivity index (χ2n) is 7.17. The first-order valence-electron chi connectivity index (χ1n) is 9.88. The van der Waals surface area contributed by atoms with Crippen LogP contribution in [0.3, 0.4) is 0 Å². The van der Waals surface area contributed by atoms with Crippen molar-refractivity contribution in [3.63, 3.8) is 0 Å². The second-order valence-corrected chi connectivity index (χ2v) is 9.18. The highest BCUT2D eigenvalue weighted by Crippen LogP contribution is 2.34. The highest BCUT2D eigenvalue weighted by atomic mass is 32.2. The Hall–Kier alpha value is -2.85. The van der Waals surface area contributed by atoms with Crippen LogP contribution in [0.4, 0.5) is 0 Å². The van der Waals surface area contributed by atoms with E-state index in [2.05, 4.69) is 20.2 Å². The molecule has 31 heavy (non-hydrogen) atoms. The second kappa shape index (κ2) is 8.35. The summed E-state index contributed by atoms with van der Waals surface area (Å²) in [5.74, 6) is 2.66. The number of thiophene rings is 1. The van der Waals surface area contributed by atoms with Gasteiger partial charge in [-0.05, 0) is 43.4 Å². The van der Waals surface area contributed by atoms with Gasteiger partial charge in [0.2, 0.25) is 5.89 Å². The zero-order valence-electron chi connectivity index (χ0n) is 17.1. The van der Waals surface area contributed by atoms with Crippen LogP contribution in [0.15, 0.2) is 32.6 Å². The minimum absolute atomic E-state index is 0.0605. The van der Waals surface area contributed by atoms with Crippen LogP contribution in [0.5, 0.6) is 11.5 Å². The van der Waals surface area contributed by atoms with Crippen molar-refractivity contribution >= 4 is 33.3 Å². The van der Waals surface area contributed by atoms with Gasteiger partial charge in [0.15, 0.2) is 0 Å². The molecule has 1 aromatic carbocycles. The highest BCUT2D eigenvalue weighted by Gasteiger charge is 2.20. The van der Waals surface area contributed by atoms with Crippen molar-refractivity contribution in [2.24, 2.45) is 0 Å². The topological polar surface area (TPSA) is 103 Å². The highest BCUT2D eigenvalue weighted by molar-refractivity contribution is 7.98. The van der Waals surface area contributed by atoms with Crippen LogP contribution in [0.1, 0.15) is 29.1 Å². The Balaban J connectivity index is 1.36. The molecule has 8 nitrogen and oxygen atoms in total. The van der Waals surface area contributed by atoms with E-state index in [1.807, 2.05) is 0 Å². The van der Waals surface area contributed by atoms with Crippen LogP contribution in [0, 0.1) is 0 Å². The summed E-state index contributed by atoms with van der Waals surface area (Å²) in [6.07, 6.45) is 4.32. The number of nitrogens with one attached hydrogen (secondary N) is 1. The number of aryl methyl sites for hydroxylation is 2. The first-order valence-corrected chi connectivity index (χ1v) is 11.7. The van der Waals surface area contributed by atoms with E-state index in [0.717, 1.165) is 29.5 Å². The summed E-state index contributed by atoms with van der Waals surface area (Å²) >= 11 is 2.97. The van der Waals surface area contributed by atoms with Crippen LogP contribution >= 0.6 is 23.1 Å². The lowest BCUT2D eigenvalue weighted by molar-refractivity contribution is 0.394. The van der Waals surface area contributed by atoms with Crippen molar-refractivity contribution in [1.82, 2.24) is 20.2 Å². The van der Waals surface area contributed by atoms with Crippen molar-refractivity contribution in [2.45, 2.75) is 36.7 Å². The number of methoxy groups -OCH3 is 2. The van der Waals surface area contributed by atoms with Crippen molar-refractivity contribution in [3.8, 4) is 23.0 Å². The molecule has 0 saturated carbocycles. The molecule has 0 aliphatic heterocycles. The lowest BCUT2D eigenvalue weighted by atomic mass is 9.97. The van der Waals surface area contributed by atoms with Gasteiger partial charge in [-0.3, -0.25) is 4.79 Å². The maximum Gasteiger partial charge on any atom is 0.277 e. The van der Waals surface area contributed by atoms with Gasteiger partial charge in [0.05, 0.1) is 25.4 Å². The van der Waals surface area contributed by atoms with Gasteiger partial charge < -0.3 is 18.9 Å². The maximum absolute atomic E-state index is 12.7. The molecule has 1 aliphatic rings. The van der Waals surface area contributed by atoms with Gasteiger partial charge in [-0.1, -0.05) is 11.8 Å². The van der Waals surface area contributed by atoms with Crippen molar-refractivity contribution in [3.05, 3.63) is 44.8 Å². The molecule has 0 atom stereocenters. The summed E-state index contributed by atoms with van der Waals surface area (Å²) in [4.78, 5) is 22.4. The first-order chi connectivity index (χ1) is 15.1. The van der Waals surface area contributed by atoms with Crippen LogP contribution in [0.2, 0.25) is 0 Å². The average molecular weight is 457 g/mol. The lowest BCUT2D eigenvalue weighted by Crippen LogP contribution is -2.12. The van der Waals surface area contributed by atoms with Gasteiger partial charge in [-0.25, -0.2) is 4.98 Å². The third kappa shape index (κ3) is 3.92. The van der Waals surface area contributed by atoms with Gasteiger partial charge in [-0.2, -0.15) is 0 Å². The normalized spacial score (nSPS) is 13.4. The van der Waals surface area contributed by atoms with Crippen LogP contribution in [0.25, 0.3) is 21.7 Å². The zero-order valence-corrected chi connectivity index (χ0v) is 18.7. The molecular formula is C21H20N4O4S2. The van der Waals surface area contributed by atoms with Crippen LogP contribution < -0.4 is 15.0 Å². The minimum Gasteiger partial charge on any atom is -0.497 e. The predicted molar refractivity (Wildman–Crippen MR) is 119 cm³/mol. The Morgan fingerprint density at radius 2 is 1.90 bits per heavy atom. The molecule has 3 aromatic heterocycles. The number of rotatable bonds is 6. The van der Waals surface area contributed by atoms with Gasteiger partial charge in [0, 0.05) is 16.5 Å². The zero-order chi connectivity index (χ0) is 21.4. The molecule has 4 aromatic rings. The molecule has 0 saturated heterocycles. The molecule has 3 heterocycles. The minimum atomic E-state index is -0.0605. The van der Waals surface area contributed by atoms with E-state index < -0.39 is 0 Å². The number of hydrogen-bond donors (Lipinski definition) is 1. The average Bonchev–Trinajstić information content (AvgIpc) is 3.42. The smallest absolute Gasteiger partial charge is 0.277 e. The number of benzene rings is 1. The molecule has 0 spiro atoms. The predicted octanol–water partition coefficient (Wildman–Crippen LogP) is 4.22. The largest absolute Gasteiger partial charge is 0.497 e. The Morgan fingerprint density at radius 3 is 2.68 bits per heavy atom. The number of aromatic nitrogens is 4. The monoisotopic (exact) mass is 456 g/mol. The molecule has 1 aliphatic carbocycles. The first kappa shape index (κ1) is 20.1. The Labute approximate surface area is 186 Å². The lowest BCUT2D eigenvalue weighted by Gasteiger charge is -2.09. The fourth-order valence-electron chi connectivity index (χ4n) is 3.72. The van der Waals surface area contributed by atoms with E-state index in [1.165, 1.54) is 28.6 Å². The SMILES string of the molecule is COc1cc(OC)cc(-c2nnc(SCc3nc4sc5c(c4c(=O)[nH]3)CCCC5)o2)c1. The molecule has 0 amide bonds. The summed E-state index contributed by atoms with van der Waals surface area (Å²) < 4.78 is 16.4. The number of nitrogens with zero attached hydrogens (tertiary/aromatic N) is 3. The standard InChI is InChI=1S/C21H20N4O4S2/c1-27-12-7-11(8-13(9-12)28-2)19-24-25-21(29-19)30-10-16-22-18(26)17-14-5-3-4-6-15(14)31-20(17)23-16/h7-9H,3-6,10H2,1-2H3,(H,22,23,26). The summed E-state index contributed by atoms with van der Waals surface area (Å²) in [5, 5.41) is 9.38. The van der Waals surface area contributed by atoms with E-state index in [0.29, 0.717) is 39.8 Å². The molecule has 0 unspecified atom stereocenters. The molecule has 160 valence electrons. The van der Waals surface area contributed by atoms with Gasteiger partial charge in [0.25, 0.3) is 10.8 Å². The van der Waals surface area contributed by atoms with E-state index in [9.17, 15) is 4.79 Å². The van der Waals surface area contributed by atoms with Crippen LogP contribution in [-0.2, 0) is 18.6 Å². The summed E-state index contributed by atoms with van der Waals surface area (Å²) in [5.41, 5.74) is 1.83. The molecule has 10 heteroatoms. The van der Waals surface area contributed by atoms with Gasteiger partial charge >= 0.3 is 0 Å². The van der Waals surface area contributed by atoms with Crippen molar-refractivity contribution < 1.29 is 13.9 Å². The molecular weight excluding hydrogens is 436 g/mol. The quantitative estimate of drug-likeness (QED) is 0.430. The fraction of sp³-hybridized carbons (Fsp3) is 0.333. The third-order valence-electron chi connectivity index (χ3n) is 5.21. The van der Waals surface area contributed by atoms with Gasteiger partial charge in [0.1, 0.15) is 22.2 Å². The molecule has 0 bridgehead atoms. The summed E-state index contributed by atoms with van der Waals surface area (Å²) in [7, 11) is 3.17. The number of ether oxygens (including phenoxy) is 2. The number of aromatic amines is 1. The van der Waals surface area contributed by atoms with E-state index in [1.54, 1.807) is 43.8 Å². The van der Waals surface area contributed by atoms with Crippen LogP contribution in [-0.4, -0.2) is 34.4 Å². The number of fused-ring (bicyclic) bond motifs is 3. The molecule has 0 radical (unpaired) electrons. The third-order valence-corrected chi connectivity index (χ3v) is 7.23. The number of hydrogen-bond acceptors (Lipinski definition) is 9. The number of H-pyrrole nitrogens is 1.